The Morgan fingerprint density at radius 1 is 1.40 bits per heavy atom. The second-order valence-corrected chi connectivity index (χ2v) is 4.32. The number of hydrogen-bond acceptors (Lipinski definition) is 5. The smallest absolute Gasteiger partial charge is 0.229 e. The molecular weight excluding hydrogens is 276 g/mol. The van der Waals surface area contributed by atoms with Crippen LogP contribution in [0.5, 0.6) is 5.75 Å². The minimum atomic E-state index is 0.486. The maximum atomic E-state index is 6.07. The van der Waals surface area contributed by atoms with Gasteiger partial charge in [0.15, 0.2) is 0 Å². The molecule has 2 rings (SSSR count). The van der Waals surface area contributed by atoms with Crippen LogP contribution in [-0.4, -0.2) is 23.6 Å². The Hall–Kier alpha value is -2.27. The fraction of sp³-hybridized carbons (Fsp3) is 0.143. The summed E-state index contributed by atoms with van der Waals surface area (Å²) in [7, 11) is 1.58. The van der Waals surface area contributed by atoms with E-state index in [4.69, 9.17) is 16.3 Å². The zero-order valence-electron chi connectivity index (χ0n) is 11.1. The van der Waals surface area contributed by atoms with Crippen molar-refractivity contribution in [3.8, 4) is 5.75 Å². The predicted octanol–water partition coefficient (Wildman–Crippen LogP) is 3.48. The number of rotatable bonds is 6. The maximum Gasteiger partial charge on any atom is 0.229 e. The first-order chi connectivity index (χ1) is 9.72. The molecule has 0 atom stereocenters. The molecule has 2 N–H and O–H groups in total. The van der Waals surface area contributed by atoms with Crippen molar-refractivity contribution in [1.82, 2.24) is 9.97 Å². The second kappa shape index (κ2) is 6.77. The number of nitrogens with zero attached hydrogens (tertiary/aromatic N) is 2. The van der Waals surface area contributed by atoms with Crippen LogP contribution >= 0.6 is 11.6 Å². The first kappa shape index (κ1) is 14.1. The molecule has 5 nitrogen and oxygen atoms in total. The Labute approximate surface area is 122 Å². The van der Waals surface area contributed by atoms with Gasteiger partial charge in [0.25, 0.3) is 0 Å². The molecule has 0 aliphatic carbocycles. The summed E-state index contributed by atoms with van der Waals surface area (Å²) in [5, 5.41) is 6.71. The number of aromatic nitrogens is 2. The number of anilines is 3. The molecule has 0 aliphatic rings. The fourth-order valence-electron chi connectivity index (χ4n) is 1.57. The number of methoxy groups -OCH3 is 1. The molecule has 0 saturated carbocycles. The standard InChI is InChI=1S/C14H15ClN4O/c1-3-7-16-13-6-8-17-14(19-13)18-10-4-5-12(20-2)11(15)9-10/h3-6,8-9H,1,7H2,2H3,(H2,16,17,18,19). The molecule has 0 spiro atoms. The zero-order valence-corrected chi connectivity index (χ0v) is 11.8. The quantitative estimate of drug-likeness (QED) is 0.798. The summed E-state index contributed by atoms with van der Waals surface area (Å²) in [4.78, 5) is 8.47. The van der Waals surface area contributed by atoms with E-state index in [9.17, 15) is 0 Å². The first-order valence-electron chi connectivity index (χ1n) is 6.01. The number of halogens is 1. The van der Waals surface area contributed by atoms with Gasteiger partial charge in [0.1, 0.15) is 11.6 Å². The van der Waals surface area contributed by atoms with Crippen LogP contribution in [0.25, 0.3) is 0 Å². The van der Waals surface area contributed by atoms with Gasteiger partial charge < -0.3 is 15.4 Å². The molecular formula is C14H15ClN4O. The van der Waals surface area contributed by atoms with Gasteiger partial charge in [-0.25, -0.2) is 4.98 Å². The van der Waals surface area contributed by atoms with Gasteiger partial charge in [-0.15, -0.1) is 6.58 Å². The van der Waals surface area contributed by atoms with Gasteiger partial charge in [0.05, 0.1) is 12.1 Å². The molecule has 0 amide bonds. The lowest BCUT2D eigenvalue weighted by atomic mass is 10.3. The van der Waals surface area contributed by atoms with Crippen LogP contribution in [0.4, 0.5) is 17.5 Å². The van der Waals surface area contributed by atoms with Gasteiger partial charge in [-0.2, -0.15) is 4.98 Å². The molecule has 0 radical (unpaired) electrons. The molecule has 1 aromatic heterocycles. The van der Waals surface area contributed by atoms with Crippen LogP contribution in [0.15, 0.2) is 43.1 Å². The monoisotopic (exact) mass is 290 g/mol. The Morgan fingerprint density at radius 2 is 2.25 bits per heavy atom. The molecule has 6 heteroatoms. The SMILES string of the molecule is C=CCNc1ccnc(Nc2ccc(OC)c(Cl)c2)n1. The van der Waals surface area contributed by atoms with Crippen molar-refractivity contribution in [1.29, 1.82) is 0 Å². The van der Waals surface area contributed by atoms with E-state index in [0.717, 1.165) is 11.5 Å². The van der Waals surface area contributed by atoms with Crippen molar-refractivity contribution in [3.05, 3.63) is 48.1 Å². The molecule has 20 heavy (non-hydrogen) atoms. The normalized spacial score (nSPS) is 9.90. The topological polar surface area (TPSA) is 59.1 Å². The van der Waals surface area contributed by atoms with Gasteiger partial charge in [0, 0.05) is 18.4 Å². The highest BCUT2D eigenvalue weighted by atomic mass is 35.5. The van der Waals surface area contributed by atoms with Crippen molar-refractivity contribution < 1.29 is 4.74 Å². The maximum absolute atomic E-state index is 6.07. The van der Waals surface area contributed by atoms with Gasteiger partial charge in [0.2, 0.25) is 5.95 Å². The average Bonchev–Trinajstić information content (AvgIpc) is 2.46. The van der Waals surface area contributed by atoms with Crippen molar-refractivity contribution in [2.75, 3.05) is 24.3 Å². The minimum absolute atomic E-state index is 0.486. The molecule has 0 bridgehead atoms. The van der Waals surface area contributed by atoms with Crippen molar-refractivity contribution in [3.63, 3.8) is 0 Å². The van der Waals surface area contributed by atoms with E-state index in [1.165, 1.54) is 0 Å². The van der Waals surface area contributed by atoms with Crippen LogP contribution in [0.3, 0.4) is 0 Å². The number of nitrogens with one attached hydrogen (secondary N) is 2. The summed E-state index contributed by atoms with van der Waals surface area (Å²) in [6, 6.07) is 7.17. The van der Waals surface area contributed by atoms with E-state index in [1.54, 1.807) is 37.6 Å². The van der Waals surface area contributed by atoms with E-state index < -0.39 is 0 Å². The first-order valence-corrected chi connectivity index (χ1v) is 6.39. The molecule has 2 aromatic rings. The molecule has 0 saturated heterocycles. The number of ether oxygens (including phenoxy) is 1. The molecule has 0 fully saturated rings. The predicted molar refractivity (Wildman–Crippen MR) is 82.0 cm³/mol. The fourth-order valence-corrected chi connectivity index (χ4v) is 1.83. The summed E-state index contributed by atoms with van der Waals surface area (Å²) >= 11 is 6.07. The van der Waals surface area contributed by atoms with Crippen molar-refractivity contribution >= 4 is 29.1 Å². The van der Waals surface area contributed by atoms with Crippen molar-refractivity contribution in [2.45, 2.75) is 0 Å². The number of benzene rings is 1. The molecule has 1 aromatic carbocycles. The Bertz CT molecular complexity index is 603. The third kappa shape index (κ3) is 3.61. The summed E-state index contributed by atoms with van der Waals surface area (Å²) in [6.45, 7) is 4.29. The van der Waals surface area contributed by atoms with Gasteiger partial charge in [-0.05, 0) is 24.3 Å². The van der Waals surface area contributed by atoms with Crippen molar-refractivity contribution in [2.24, 2.45) is 0 Å². The summed E-state index contributed by atoms with van der Waals surface area (Å²) in [6.07, 6.45) is 3.43. The highest BCUT2D eigenvalue weighted by Crippen LogP contribution is 2.28. The van der Waals surface area contributed by atoms with E-state index in [2.05, 4.69) is 27.2 Å². The lowest BCUT2D eigenvalue weighted by Gasteiger charge is -2.09. The lowest BCUT2D eigenvalue weighted by Crippen LogP contribution is -2.03. The van der Waals surface area contributed by atoms with Crippen LogP contribution < -0.4 is 15.4 Å². The highest BCUT2D eigenvalue weighted by Gasteiger charge is 2.04. The van der Waals surface area contributed by atoms with E-state index in [0.29, 0.717) is 23.3 Å². The minimum Gasteiger partial charge on any atom is -0.495 e. The average molecular weight is 291 g/mol. The third-order valence-corrected chi connectivity index (χ3v) is 2.79. The van der Waals surface area contributed by atoms with E-state index in [1.807, 2.05) is 6.07 Å². The van der Waals surface area contributed by atoms with Gasteiger partial charge in [-0.3, -0.25) is 0 Å². The number of hydrogen-bond donors (Lipinski definition) is 2. The van der Waals surface area contributed by atoms with Crippen LogP contribution in [0, 0.1) is 0 Å². The van der Waals surface area contributed by atoms with Gasteiger partial charge >= 0.3 is 0 Å². The second-order valence-electron chi connectivity index (χ2n) is 3.91. The molecule has 0 aliphatic heterocycles. The van der Waals surface area contributed by atoms with Crippen LogP contribution in [0.2, 0.25) is 5.02 Å². The van der Waals surface area contributed by atoms with Crippen LogP contribution in [0.1, 0.15) is 0 Å². The van der Waals surface area contributed by atoms with Gasteiger partial charge in [-0.1, -0.05) is 17.7 Å². The Morgan fingerprint density at radius 3 is 2.95 bits per heavy atom. The van der Waals surface area contributed by atoms with Crippen LogP contribution in [-0.2, 0) is 0 Å². The Balaban J connectivity index is 2.13. The zero-order chi connectivity index (χ0) is 14.4. The Kier molecular flexibility index (Phi) is 4.79. The third-order valence-electron chi connectivity index (χ3n) is 2.49. The molecule has 1 heterocycles. The van der Waals surface area contributed by atoms with E-state index >= 15 is 0 Å². The lowest BCUT2D eigenvalue weighted by molar-refractivity contribution is 0.415. The molecule has 104 valence electrons. The largest absolute Gasteiger partial charge is 0.495 e. The highest BCUT2D eigenvalue weighted by molar-refractivity contribution is 6.32. The molecule has 0 unspecified atom stereocenters. The summed E-state index contributed by atoms with van der Waals surface area (Å²) in [5.41, 5.74) is 0.789. The summed E-state index contributed by atoms with van der Waals surface area (Å²) in [5.74, 6) is 1.84. The summed E-state index contributed by atoms with van der Waals surface area (Å²) < 4.78 is 5.10. The van der Waals surface area contributed by atoms with E-state index in [-0.39, 0.29) is 0 Å².